The lowest BCUT2D eigenvalue weighted by atomic mass is 10.0. The van der Waals surface area contributed by atoms with Gasteiger partial charge in [0.1, 0.15) is 18.1 Å². The van der Waals surface area contributed by atoms with Crippen molar-refractivity contribution in [3.63, 3.8) is 0 Å². The second-order valence-electron chi connectivity index (χ2n) is 22.9. The van der Waals surface area contributed by atoms with E-state index in [2.05, 4.69) is 16.0 Å². The number of ketones is 6. The zero-order chi connectivity index (χ0) is 65.8. The molecule has 0 bridgehead atoms. The molecule has 12 rings (SSSR count). The van der Waals surface area contributed by atoms with Crippen molar-refractivity contribution >= 4 is 139 Å². The molecule has 3 atom stereocenters. The molecule has 6 aromatic rings. The van der Waals surface area contributed by atoms with E-state index in [0.717, 1.165) is 42.6 Å². The molecule has 92 heavy (non-hydrogen) atoms. The van der Waals surface area contributed by atoms with Gasteiger partial charge in [-0.2, -0.15) is 0 Å². The van der Waals surface area contributed by atoms with Crippen LogP contribution in [-0.4, -0.2) is 135 Å². The average molecular weight is 1320 g/mol. The SMILES string of the molecule is CN(C)c1ccc(C(=O)C(=O)CCc2scc3c2CN(C2CCC(=O)NC2=O)C3=O)cc1.Cc1ccc(C(=O)C(=O)CCc2scc3c2CN(C2CCC(=O)NC2=O)C3=O)cc1Cl.O=C1CCC(N2Cc3c(csc3CCC(=O)C(=O)c3ccccc3)C2=O)C(=O)N1. The Morgan fingerprint density at radius 2 is 0.815 bits per heavy atom. The number of piperidine rings is 3. The topological polar surface area (TPSA) is 305 Å². The maximum absolute atomic E-state index is 12.8. The lowest BCUT2D eigenvalue weighted by Crippen LogP contribution is -2.52. The Morgan fingerprint density at radius 1 is 0.478 bits per heavy atom. The third-order valence-electron chi connectivity index (χ3n) is 16.8. The molecule has 3 saturated heterocycles. The number of carbonyl (C=O) groups excluding carboxylic acids is 15. The molecule has 0 radical (unpaired) electrons. The van der Waals surface area contributed by atoms with E-state index in [0.29, 0.717) is 71.4 Å². The van der Waals surface area contributed by atoms with Gasteiger partial charge in [0.05, 0.1) is 16.7 Å². The predicted octanol–water partition coefficient (Wildman–Crippen LogP) is 6.71. The number of hydrogen-bond donors (Lipinski definition) is 3. The second kappa shape index (κ2) is 28.1. The summed E-state index contributed by atoms with van der Waals surface area (Å²) in [6.07, 6.45) is 2.70. The fourth-order valence-corrected chi connectivity index (χ4v) is 14.9. The number of imide groups is 3. The summed E-state index contributed by atoms with van der Waals surface area (Å²) in [5, 5.41) is 12.5. The van der Waals surface area contributed by atoms with Gasteiger partial charge in [0.15, 0.2) is 0 Å². The van der Waals surface area contributed by atoms with Crippen molar-refractivity contribution in [1.29, 1.82) is 0 Å². The molecule has 474 valence electrons. The number of anilines is 1. The molecule has 3 aromatic heterocycles. The lowest BCUT2D eigenvalue weighted by molar-refractivity contribution is -0.138. The average Bonchev–Trinajstić information content (AvgIpc) is 1.64. The van der Waals surface area contributed by atoms with Crippen LogP contribution >= 0.6 is 45.6 Å². The number of nitrogens with one attached hydrogen (secondary N) is 3. The van der Waals surface area contributed by atoms with Crippen molar-refractivity contribution in [2.24, 2.45) is 0 Å². The summed E-state index contributed by atoms with van der Waals surface area (Å²) in [4.78, 5) is 192. The summed E-state index contributed by atoms with van der Waals surface area (Å²) in [5.41, 5.74) is 6.75. The van der Waals surface area contributed by atoms with Crippen molar-refractivity contribution in [2.45, 2.75) is 122 Å². The van der Waals surface area contributed by atoms with E-state index in [4.69, 9.17) is 11.6 Å². The van der Waals surface area contributed by atoms with Crippen LogP contribution in [0.4, 0.5) is 5.69 Å². The summed E-state index contributed by atoms with van der Waals surface area (Å²) < 4.78 is 0. The molecule has 3 N–H and O–H groups in total. The number of aryl methyl sites for hydroxylation is 4. The highest BCUT2D eigenvalue weighted by Crippen LogP contribution is 2.38. The minimum atomic E-state index is -0.676. The van der Waals surface area contributed by atoms with Crippen LogP contribution in [0.2, 0.25) is 5.02 Å². The summed E-state index contributed by atoms with van der Waals surface area (Å²) in [6, 6.07) is 18.1. The van der Waals surface area contributed by atoms with E-state index >= 15 is 0 Å². The number of hydrogen-bond acceptors (Lipinski definition) is 19. The number of thiophene rings is 3. The third kappa shape index (κ3) is 14.1. The summed E-state index contributed by atoms with van der Waals surface area (Å²) in [7, 11) is 3.79. The lowest BCUT2D eigenvalue weighted by Gasteiger charge is -2.29. The summed E-state index contributed by atoms with van der Waals surface area (Å²) >= 11 is 10.2. The molecule has 3 aromatic carbocycles. The molecule has 6 aliphatic rings. The Kier molecular flexibility index (Phi) is 20.0. The monoisotopic (exact) mass is 1320 g/mol. The first-order valence-corrected chi connectivity index (χ1v) is 32.5. The van der Waals surface area contributed by atoms with Crippen LogP contribution in [0.1, 0.15) is 157 Å². The van der Waals surface area contributed by atoms with Gasteiger partial charge in [-0.3, -0.25) is 87.9 Å². The number of nitrogens with zero attached hydrogens (tertiary/aromatic N) is 4. The Hall–Kier alpha value is -9.30. The van der Waals surface area contributed by atoms with Gasteiger partial charge >= 0.3 is 0 Å². The van der Waals surface area contributed by atoms with Crippen LogP contribution in [0.5, 0.6) is 0 Å². The van der Waals surface area contributed by atoms with Gasteiger partial charge in [-0.05, 0) is 98.0 Å². The molecule has 3 fully saturated rings. The first-order valence-electron chi connectivity index (χ1n) is 29.5. The van der Waals surface area contributed by atoms with E-state index in [9.17, 15) is 71.9 Å². The van der Waals surface area contributed by atoms with Gasteiger partial charge in [0, 0.05) is 130 Å². The molecule has 0 aliphatic carbocycles. The van der Waals surface area contributed by atoms with Crippen LogP contribution in [0.25, 0.3) is 0 Å². The normalized spacial score (nSPS) is 18.2. The standard InChI is InChI=1S/C23H23N3O5S.C22H19ClN2O5S.C21H18N2O5S/c1-25(2)14-5-3-13(4-6-14)21(29)18(27)8-9-19-15-11-26(23(31)16(15)12-32-19)17-7-10-20(28)24-22(17)30;1-11-2-3-12(8-15(11)23)20(28)17(26)5-6-18-13-9-25(22(30)14(13)10-31-18)16-4-7-19(27)24-21(16)29;24-16(19(26)12-4-2-1-3-5-12)7-8-17-13-10-23(21(28)14(13)11-29-17)15-6-9-18(25)22-20(15)27/h3-6,12,17H,7-11H2,1-2H3,(H,24,28,30);2-3,8,10,16H,4-7,9H2,1H3,(H,24,27,29);1-5,11,15H,6-10H2,(H,22,25,27). The highest BCUT2D eigenvalue weighted by atomic mass is 35.5. The summed E-state index contributed by atoms with van der Waals surface area (Å²) in [5.74, 6) is -6.15. The van der Waals surface area contributed by atoms with Gasteiger partial charge in [-0.25, -0.2) is 0 Å². The number of rotatable bonds is 19. The number of halogens is 1. The summed E-state index contributed by atoms with van der Waals surface area (Å²) in [6.45, 7) is 2.62. The molecule has 6 aliphatic heterocycles. The maximum Gasteiger partial charge on any atom is 0.256 e. The molecular formula is C66H60ClN7O15S3. The predicted molar refractivity (Wildman–Crippen MR) is 337 cm³/mol. The molecule has 9 amide bonds. The molecule has 0 saturated carbocycles. The Balaban J connectivity index is 0.000000151. The third-order valence-corrected chi connectivity index (χ3v) is 20.4. The quantitative estimate of drug-likeness (QED) is 0.0431. The number of amides is 9. The fourth-order valence-electron chi connectivity index (χ4n) is 11.6. The molecule has 9 heterocycles. The molecular weight excluding hydrogens is 1260 g/mol. The van der Waals surface area contributed by atoms with Crippen molar-refractivity contribution in [3.05, 3.63) is 164 Å². The largest absolute Gasteiger partial charge is 0.378 e. The second-order valence-corrected chi connectivity index (χ2v) is 26.2. The van der Waals surface area contributed by atoms with Gasteiger partial charge in [0.25, 0.3) is 17.7 Å². The van der Waals surface area contributed by atoms with Crippen molar-refractivity contribution in [1.82, 2.24) is 30.7 Å². The number of benzene rings is 3. The Bertz CT molecular complexity index is 4110. The minimum absolute atomic E-state index is 0.0177. The van der Waals surface area contributed by atoms with Crippen LogP contribution in [0.15, 0.2) is 88.9 Å². The molecule has 3 unspecified atom stereocenters. The van der Waals surface area contributed by atoms with Crippen molar-refractivity contribution in [3.8, 4) is 0 Å². The Labute approximate surface area is 543 Å². The van der Waals surface area contributed by atoms with E-state index < -0.39 is 70.5 Å². The zero-order valence-electron chi connectivity index (χ0n) is 50.0. The number of fused-ring (bicyclic) bond motifs is 3. The first kappa shape index (κ1) is 65.6. The van der Waals surface area contributed by atoms with Gasteiger partial charge in [-0.15, -0.1) is 34.0 Å². The molecule has 22 nitrogen and oxygen atoms in total. The Morgan fingerprint density at radius 3 is 1.15 bits per heavy atom. The van der Waals surface area contributed by atoms with Crippen LogP contribution in [-0.2, 0) is 82.0 Å². The van der Waals surface area contributed by atoms with Crippen LogP contribution < -0.4 is 20.9 Å². The number of carbonyl (C=O) groups is 15. The highest BCUT2D eigenvalue weighted by molar-refractivity contribution is 7.11. The zero-order valence-corrected chi connectivity index (χ0v) is 53.2. The van der Waals surface area contributed by atoms with Crippen LogP contribution in [0.3, 0.4) is 0 Å². The van der Waals surface area contributed by atoms with Crippen LogP contribution in [0, 0.1) is 6.92 Å². The van der Waals surface area contributed by atoms with Gasteiger partial charge in [-0.1, -0.05) is 54.1 Å². The maximum atomic E-state index is 12.8. The minimum Gasteiger partial charge on any atom is -0.378 e. The van der Waals surface area contributed by atoms with Crippen molar-refractivity contribution < 1.29 is 71.9 Å². The molecule has 0 spiro atoms. The van der Waals surface area contributed by atoms with Gasteiger partial charge in [0.2, 0.25) is 70.1 Å². The van der Waals surface area contributed by atoms with E-state index in [1.165, 1.54) is 54.8 Å². The smallest absolute Gasteiger partial charge is 0.256 e. The fraction of sp³-hybridized carbons (Fsp3) is 0.318. The number of Topliss-reactive ketones (excluding diaryl/α,β-unsaturated/α-hetero) is 6. The van der Waals surface area contributed by atoms with E-state index in [1.807, 2.05) is 25.9 Å². The van der Waals surface area contributed by atoms with Gasteiger partial charge < -0.3 is 19.6 Å². The van der Waals surface area contributed by atoms with E-state index in [-0.39, 0.29) is 99.2 Å². The van der Waals surface area contributed by atoms with E-state index in [1.54, 1.807) is 82.9 Å². The molecule has 26 heteroatoms. The van der Waals surface area contributed by atoms with Crippen molar-refractivity contribution in [2.75, 3.05) is 19.0 Å². The highest BCUT2D eigenvalue weighted by Gasteiger charge is 2.44. The first-order chi connectivity index (χ1) is 44.0.